The maximum absolute atomic E-state index is 6.31. The van der Waals surface area contributed by atoms with E-state index in [1.165, 1.54) is 49.7 Å². The zero-order valence-electron chi connectivity index (χ0n) is 11.1. The smallest absolute Gasteiger partial charge is 0.0382 e. The molecule has 0 amide bonds. The Labute approximate surface area is 104 Å². The van der Waals surface area contributed by atoms with E-state index in [1.807, 2.05) is 0 Å². The summed E-state index contributed by atoms with van der Waals surface area (Å²) in [4.78, 5) is 0. The third-order valence-electron chi connectivity index (χ3n) is 5.08. The quantitative estimate of drug-likeness (QED) is 0.660. The van der Waals surface area contributed by atoms with Crippen LogP contribution in [0.5, 0.6) is 0 Å². The van der Waals surface area contributed by atoms with Gasteiger partial charge in [0.1, 0.15) is 0 Å². The first-order chi connectivity index (χ1) is 8.14. The summed E-state index contributed by atoms with van der Waals surface area (Å²) >= 11 is 0. The van der Waals surface area contributed by atoms with Gasteiger partial charge in [0, 0.05) is 5.69 Å². The second-order valence-corrected chi connectivity index (χ2v) is 6.20. The van der Waals surface area contributed by atoms with Gasteiger partial charge in [-0.15, -0.1) is 0 Å². The molecular formula is C16H23N. The fourth-order valence-electron chi connectivity index (χ4n) is 4.24. The molecule has 0 saturated heterocycles. The average molecular weight is 229 g/mol. The number of hydrogen-bond donors (Lipinski definition) is 1. The summed E-state index contributed by atoms with van der Waals surface area (Å²) in [5, 5.41) is 0. The maximum atomic E-state index is 6.31. The summed E-state index contributed by atoms with van der Waals surface area (Å²) < 4.78 is 0. The van der Waals surface area contributed by atoms with Crippen molar-refractivity contribution in [1.82, 2.24) is 0 Å². The second kappa shape index (κ2) is 3.76. The molecule has 1 unspecified atom stereocenters. The maximum Gasteiger partial charge on any atom is 0.0382 e. The van der Waals surface area contributed by atoms with Crippen molar-refractivity contribution in [2.45, 2.75) is 63.7 Å². The van der Waals surface area contributed by atoms with E-state index < -0.39 is 0 Å². The SMILES string of the molecule is Cc1ccc2c(c1N)C(C)CC21CCCCC1. The molecule has 17 heavy (non-hydrogen) atoms. The Hall–Kier alpha value is -0.980. The minimum Gasteiger partial charge on any atom is -0.398 e. The van der Waals surface area contributed by atoms with Gasteiger partial charge in [-0.1, -0.05) is 38.3 Å². The molecule has 0 aliphatic heterocycles. The summed E-state index contributed by atoms with van der Waals surface area (Å²) in [5.74, 6) is 0.656. The van der Waals surface area contributed by atoms with Gasteiger partial charge in [-0.25, -0.2) is 0 Å². The number of rotatable bonds is 0. The average Bonchev–Trinajstić information content (AvgIpc) is 2.58. The van der Waals surface area contributed by atoms with Crippen LogP contribution in [0.15, 0.2) is 12.1 Å². The Morgan fingerprint density at radius 2 is 1.88 bits per heavy atom. The first-order valence-electron chi connectivity index (χ1n) is 7.03. The number of benzene rings is 1. The normalized spacial score (nSPS) is 26.1. The van der Waals surface area contributed by atoms with E-state index in [0.717, 1.165) is 5.69 Å². The first-order valence-corrected chi connectivity index (χ1v) is 7.03. The van der Waals surface area contributed by atoms with Crippen molar-refractivity contribution in [2.75, 3.05) is 5.73 Å². The number of hydrogen-bond acceptors (Lipinski definition) is 1. The molecule has 1 fully saturated rings. The molecule has 0 aromatic heterocycles. The fraction of sp³-hybridized carbons (Fsp3) is 0.625. The van der Waals surface area contributed by atoms with Crippen LogP contribution in [0, 0.1) is 6.92 Å². The van der Waals surface area contributed by atoms with Gasteiger partial charge in [-0.05, 0) is 54.2 Å². The Bertz CT molecular complexity index is 441. The third-order valence-corrected chi connectivity index (χ3v) is 5.08. The van der Waals surface area contributed by atoms with Gasteiger partial charge in [0.2, 0.25) is 0 Å². The molecule has 92 valence electrons. The molecule has 2 aliphatic rings. The molecule has 0 heterocycles. The largest absolute Gasteiger partial charge is 0.398 e. The van der Waals surface area contributed by atoms with Crippen LogP contribution in [0.25, 0.3) is 0 Å². The molecule has 1 heteroatoms. The zero-order chi connectivity index (χ0) is 12.0. The van der Waals surface area contributed by atoms with E-state index in [-0.39, 0.29) is 0 Å². The van der Waals surface area contributed by atoms with Crippen LogP contribution in [0.1, 0.15) is 68.1 Å². The van der Waals surface area contributed by atoms with Crippen molar-refractivity contribution in [3.63, 3.8) is 0 Å². The lowest BCUT2D eigenvalue weighted by Crippen LogP contribution is -2.26. The predicted molar refractivity (Wildman–Crippen MR) is 73.4 cm³/mol. The summed E-state index contributed by atoms with van der Waals surface area (Å²) in [7, 11) is 0. The number of nitrogens with two attached hydrogens (primary N) is 1. The van der Waals surface area contributed by atoms with Gasteiger partial charge in [0.05, 0.1) is 0 Å². The van der Waals surface area contributed by atoms with Gasteiger partial charge in [0.15, 0.2) is 0 Å². The fourth-order valence-corrected chi connectivity index (χ4v) is 4.24. The van der Waals surface area contributed by atoms with Crippen LogP contribution in [0.3, 0.4) is 0 Å². The molecule has 2 N–H and O–H groups in total. The third kappa shape index (κ3) is 1.51. The molecule has 1 spiro atoms. The minimum absolute atomic E-state index is 0.481. The van der Waals surface area contributed by atoms with Gasteiger partial charge in [0.25, 0.3) is 0 Å². The number of aryl methyl sites for hydroxylation is 1. The molecule has 1 aromatic rings. The summed E-state index contributed by atoms with van der Waals surface area (Å²) in [5.41, 5.74) is 12.2. The second-order valence-electron chi connectivity index (χ2n) is 6.20. The molecule has 1 aromatic carbocycles. The zero-order valence-corrected chi connectivity index (χ0v) is 11.1. The van der Waals surface area contributed by atoms with Crippen molar-refractivity contribution < 1.29 is 0 Å². The molecule has 0 bridgehead atoms. The Balaban J connectivity index is 2.13. The lowest BCUT2D eigenvalue weighted by atomic mass is 9.70. The summed E-state index contributed by atoms with van der Waals surface area (Å²) in [6.07, 6.45) is 8.32. The van der Waals surface area contributed by atoms with E-state index in [4.69, 9.17) is 5.73 Å². The highest BCUT2D eigenvalue weighted by Crippen LogP contribution is 2.55. The molecule has 2 aliphatic carbocycles. The van der Waals surface area contributed by atoms with E-state index >= 15 is 0 Å². The number of nitrogen functional groups attached to an aromatic ring is 1. The predicted octanol–water partition coefficient (Wildman–Crippen LogP) is 4.29. The van der Waals surface area contributed by atoms with Crippen molar-refractivity contribution in [3.05, 3.63) is 28.8 Å². The highest BCUT2D eigenvalue weighted by atomic mass is 14.6. The van der Waals surface area contributed by atoms with Crippen LogP contribution in [-0.4, -0.2) is 0 Å². The van der Waals surface area contributed by atoms with Crippen molar-refractivity contribution in [3.8, 4) is 0 Å². The summed E-state index contributed by atoms with van der Waals surface area (Å²) in [6, 6.07) is 4.60. The van der Waals surface area contributed by atoms with E-state index in [9.17, 15) is 0 Å². The standard InChI is InChI=1S/C16H23N/c1-11-6-7-13-14(15(11)17)12(2)10-16(13)8-4-3-5-9-16/h6-7,12H,3-5,8-10,17H2,1-2H3. The Kier molecular flexibility index (Phi) is 2.46. The van der Waals surface area contributed by atoms with E-state index in [1.54, 1.807) is 5.56 Å². The minimum atomic E-state index is 0.481. The monoisotopic (exact) mass is 229 g/mol. The van der Waals surface area contributed by atoms with E-state index in [2.05, 4.69) is 26.0 Å². The van der Waals surface area contributed by atoms with Crippen LogP contribution in [-0.2, 0) is 5.41 Å². The molecular weight excluding hydrogens is 206 g/mol. The highest BCUT2D eigenvalue weighted by Gasteiger charge is 2.43. The van der Waals surface area contributed by atoms with Crippen molar-refractivity contribution >= 4 is 5.69 Å². The van der Waals surface area contributed by atoms with Gasteiger partial charge in [-0.3, -0.25) is 0 Å². The molecule has 0 radical (unpaired) electrons. The molecule has 1 nitrogen and oxygen atoms in total. The van der Waals surface area contributed by atoms with Crippen LogP contribution < -0.4 is 5.73 Å². The lowest BCUT2D eigenvalue weighted by Gasteiger charge is -2.35. The Morgan fingerprint density at radius 1 is 1.18 bits per heavy atom. The van der Waals surface area contributed by atoms with Gasteiger partial charge >= 0.3 is 0 Å². The first kappa shape index (κ1) is 11.1. The van der Waals surface area contributed by atoms with Crippen molar-refractivity contribution in [2.24, 2.45) is 0 Å². The van der Waals surface area contributed by atoms with Gasteiger partial charge in [-0.2, -0.15) is 0 Å². The number of fused-ring (bicyclic) bond motifs is 2. The van der Waals surface area contributed by atoms with Crippen LogP contribution >= 0.6 is 0 Å². The van der Waals surface area contributed by atoms with Gasteiger partial charge < -0.3 is 5.73 Å². The van der Waals surface area contributed by atoms with E-state index in [0.29, 0.717) is 11.3 Å². The van der Waals surface area contributed by atoms with Crippen LogP contribution in [0.4, 0.5) is 5.69 Å². The van der Waals surface area contributed by atoms with Crippen molar-refractivity contribution in [1.29, 1.82) is 0 Å². The molecule has 3 rings (SSSR count). The Morgan fingerprint density at radius 3 is 2.59 bits per heavy atom. The lowest BCUT2D eigenvalue weighted by molar-refractivity contribution is 0.282. The highest BCUT2D eigenvalue weighted by molar-refractivity contribution is 5.62. The summed E-state index contributed by atoms with van der Waals surface area (Å²) in [6.45, 7) is 4.49. The molecule has 1 saturated carbocycles. The topological polar surface area (TPSA) is 26.0 Å². The molecule has 1 atom stereocenters. The van der Waals surface area contributed by atoms with Crippen LogP contribution in [0.2, 0.25) is 0 Å². The number of anilines is 1.